The Bertz CT molecular complexity index is 830. The lowest BCUT2D eigenvalue weighted by atomic mass is 10.0. The molecule has 0 radical (unpaired) electrons. The Kier molecular flexibility index (Phi) is 7.15. The molecule has 3 rings (SSSR count). The molecule has 2 N–H and O–H groups in total. The molecular formula is C23H25N3O2. The van der Waals surface area contributed by atoms with Gasteiger partial charge < -0.3 is 10.1 Å². The third-order valence-electron chi connectivity index (χ3n) is 4.28. The van der Waals surface area contributed by atoms with Gasteiger partial charge in [0.05, 0.1) is 24.9 Å². The number of pyridine rings is 1. The van der Waals surface area contributed by atoms with Crippen LogP contribution in [0.4, 0.5) is 0 Å². The highest BCUT2D eigenvalue weighted by Crippen LogP contribution is 2.19. The maximum Gasteiger partial charge on any atom is 0.234 e. The first-order valence-electron chi connectivity index (χ1n) is 9.44. The molecule has 0 aliphatic rings. The second-order valence-corrected chi connectivity index (χ2v) is 6.34. The summed E-state index contributed by atoms with van der Waals surface area (Å²) in [6.45, 7) is 3.22. The molecule has 1 unspecified atom stereocenters. The van der Waals surface area contributed by atoms with Crippen LogP contribution in [0.15, 0.2) is 79.0 Å². The number of amides is 1. The van der Waals surface area contributed by atoms with Crippen molar-refractivity contribution >= 4 is 5.91 Å². The summed E-state index contributed by atoms with van der Waals surface area (Å²) in [5.74, 6) is 0.741. The van der Waals surface area contributed by atoms with E-state index in [1.165, 1.54) is 0 Å². The van der Waals surface area contributed by atoms with Crippen LogP contribution in [0.1, 0.15) is 29.8 Å². The summed E-state index contributed by atoms with van der Waals surface area (Å²) in [5.41, 5.74) is 2.95. The Hall–Kier alpha value is -3.18. The summed E-state index contributed by atoms with van der Waals surface area (Å²) in [7, 11) is 0. The lowest BCUT2D eigenvalue weighted by Crippen LogP contribution is -2.36. The minimum atomic E-state index is -0.144. The van der Waals surface area contributed by atoms with Crippen LogP contribution in [-0.4, -0.2) is 24.0 Å². The number of nitrogens with zero attached hydrogens (tertiary/aromatic N) is 1. The third kappa shape index (κ3) is 5.66. The number of benzene rings is 2. The van der Waals surface area contributed by atoms with Crippen molar-refractivity contribution in [1.29, 1.82) is 0 Å². The van der Waals surface area contributed by atoms with E-state index in [9.17, 15) is 4.79 Å². The van der Waals surface area contributed by atoms with Crippen molar-refractivity contribution in [1.82, 2.24) is 15.6 Å². The van der Waals surface area contributed by atoms with E-state index in [0.717, 1.165) is 22.6 Å². The minimum Gasteiger partial charge on any atom is -0.494 e. The molecule has 1 heterocycles. The number of nitrogens with one attached hydrogen (secondary N) is 2. The van der Waals surface area contributed by atoms with E-state index in [1.54, 1.807) is 6.20 Å². The molecule has 1 atom stereocenters. The maximum atomic E-state index is 12.4. The summed E-state index contributed by atoms with van der Waals surface area (Å²) >= 11 is 0. The Morgan fingerprint density at radius 2 is 1.86 bits per heavy atom. The van der Waals surface area contributed by atoms with Crippen LogP contribution in [-0.2, 0) is 11.3 Å². The van der Waals surface area contributed by atoms with Gasteiger partial charge in [-0.1, -0.05) is 48.5 Å². The highest BCUT2D eigenvalue weighted by Gasteiger charge is 2.15. The van der Waals surface area contributed by atoms with Gasteiger partial charge in [-0.15, -0.1) is 0 Å². The zero-order chi connectivity index (χ0) is 19.6. The first-order valence-corrected chi connectivity index (χ1v) is 9.44. The summed E-state index contributed by atoms with van der Waals surface area (Å²) < 4.78 is 5.50. The normalized spacial score (nSPS) is 11.6. The summed E-state index contributed by atoms with van der Waals surface area (Å²) in [4.78, 5) is 16.8. The zero-order valence-corrected chi connectivity index (χ0v) is 16.0. The van der Waals surface area contributed by atoms with Crippen LogP contribution in [0.2, 0.25) is 0 Å². The van der Waals surface area contributed by atoms with E-state index in [2.05, 4.69) is 15.6 Å². The predicted molar refractivity (Wildman–Crippen MR) is 110 cm³/mol. The molecule has 1 aromatic heterocycles. The monoisotopic (exact) mass is 375 g/mol. The smallest absolute Gasteiger partial charge is 0.234 e. The van der Waals surface area contributed by atoms with E-state index >= 15 is 0 Å². The number of ether oxygens (including phenoxy) is 1. The largest absolute Gasteiger partial charge is 0.494 e. The fraction of sp³-hybridized carbons (Fsp3) is 0.217. The minimum absolute atomic E-state index is 0.0707. The number of hydrogen-bond donors (Lipinski definition) is 2. The van der Waals surface area contributed by atoms with Crippen LogP contribution >= 0.6 is 0 Å². The quantitative estimate of drug-likeness (QED) is 0.601. The molecule has 0 aliphatic heterocycles. The molecule has 3 aromatic rings. The number of aromatic nitrogens is 1. The van der Waals surface area contributed by atoms with Crippen molar-refractivity contribution < 1.29 is 9.53 Å². The predicted octanol–water partition coefficient (Wildman–Crippen LogP) is 3.48. The summed E-state index contributed by atoms with van der Waals surface area (Å²) in [6, 6.07) is 23.4. The van der Waals surface area contributed by atoms with Crippen molar-refractivity contribution in [2.45, 2.75) is 19.5 Å². The number of carbonyl (C=O) groups is 1. The molecule has 144 valence electrons. The first-order chi connectivity index (χ1) is 13.8. The summed E-state index contributed by atoms with van der Waals surface area (Å²) in [5, 5.41) is 6.27. The number of rotatable bonds is 9. The van der Waals surface area contributed by atoms with Crippen LogP contribution in [0.25, 0.3) is 0 Å². The average Bonchev–Trinajstić information content (AvgIpc) is 2.74. The first kappa shape index (κ1) is 19.6. The van der Waals surface area contributed by atoms with Gasteiger partial charge in [0.15, 0.2) is 0 Å². The molecule has 5 nitrogen and oxygen atoms in total. The Labute approximate surface area is 165 Å². The van der Waals surface area contributed by atoms with Crippen molar-refractivity contribution in [3.05, 3.63) is 95.8 Å². The van der Waals surface area contributed by atoms with Gasteiger partial charge in [-0.3, -0.25) is 15.1 Å². The molecule has 0 spiro atoms. The molecule has 0 saturated heterocycles. The van der Waals surface area contributed by atoms with E-state index in [1.807, 2.05) is 79.7 Å². The fourth-order valence-electron chi connectivity index (χ4n) is 2.96. The molecule has 1 amide bonds. The van der Waals surface area contributed by atoms with Crippen LogP contribution in [0.3, 0.4) is 0 Å². The molecule has 0 aliphatic carbocycles. The summed E-state index contributed by atoms with van der Waals surface area (Å²) in [6.07, 6.45) is 1.76. The Morgan fingerprint density at radius 1 is 1.04 bits per heavy atom. The van der Waals surface area contributed by atoms with E-state index in [0.29, 0.717) is 13.2 Å². The highest BCUT2D eigenvalue weighted by molar-refractivity contribution is 5.78. The fourth-order valence-corrected chi connectivity index (χ4v) is 2.96. The van der Waals surface area contributed by atoms with Gasteiger partial charge in [-0.2, -0.15) is 0 Å². The van der Waals surface area contributed by atoms with Gasteiger partial charge in [0.1, 0.15) is 5.75 Å². The van der Waals surface area contributed by atoms with Crippen LogP contribution in [0.5, 0.6) is 5.75 Å². The lowest BCUT2D eigenvalue weighted by Gasteiger charge is -2.18. The van der Waals surface area contributed by atoms with Gasteiger partial charge in [0.25, 0.3) is 0 Å². The van der Waals surface area contributed by atoms with Crippen LogP contribution < -0.4 is 15.4 Å². The van der Waals surface area contributed by atoms with Gasteiger partial charge in [-0.25, -0.2) is 0 Å². The second-order valence-electron chi connectivity index (χ2n) is 6.34. The molecule has 28 heavy (non-hydrogen) atoms. The van der Waals surface area contributed by atoms with Crippen molar-refractivity contribution in [2.75, 3.05) is 13.2 Å². The molecule has 5 heteroatoms. The van der Waals surface area contributed by atoms with Crippen molar-refractivity contribution in [3.63, 3.8) is 0 Å². The molecular weight excluding hydrogens is 350 g/mol. The third-order valence-corrected chi connectivity index (χ3v) is 4.28. The van der Waals surface area contributed by atoms with Crippen LogP contribution in [0, 0.1) is 0 Å². The molecule has 0 saturated carbocycles. The topological polar surface area (TPSA) is 63.2 Å². The zero-order valence-electron chi connectivity index (χ0n) is 16.0. The van der Waals surface area contributed by atoms with Crippen molar-refractivity contribution in [3.8, 4) is 5.75 Å². The lowest BCUT2D eigenvalue weighted by molar-refractivity contribution is -0.120. The molecule has 2 aromatic carbocycles. The molecule has 0 fully saturated rings. The highest BCUT2D eigenvalue weighted by atomic mass is 16.5. The van der Waals surface area contributed by atoms with Crippen molar-refractivity contribution in [2.24, 2.45) is 0 Å². The molecule has 0 bridgehead atoms. The number of hydrogen-bond acceptors (Lipinski definition) is 4. The average molecular weight is 375 g/mol. The van der Waals surface area contributed by atoms with E-state index in [4.69, 9.17) is 4.74 Å². The second kappa shape index (κ2) is 10.2. The van der Waals surface area contributed by atoms with Gasteiger partial charge in [0, 0.05) is 12.7 Å². The van der Waals surface area contributed by atoms with E-state index in [-0.39, 0.29) is 18.5 Å². The SMILES string of the molecule is CCOc1cccc(CNC(=O)CNC(c2ccccc2)c2ccccn2)c1. The maximum absolute atomic E-state index is 12.4. The number of carbonyl (C=O) groups excluding carboxylic acids is 1. The van der Waals surface area contributed by atoms with Gasteiger partial charge in [-0.05, 0) is 42.3 Å². The van der Waals surface area contributed by atoms with Gasteiger partial charge in [0.2, 0.25) is 5.91 Å². The Morgan fingerprint density at radius 3 is 2.61 bits per heavy atom. The van der Waals surface area contributed by atoms with E-state index < -0.39 is 0 Å². The standard InChI is InChI=1S/C23H25N3O2/c1-2-28-20-12-8-9-18(15-20)16-25-22(27)17-26-23(19-10-4-3-5-11-19)21-13-6-7-14-24-21/h3-15,23,26H,2,16-17H2,1H3,(H,25,27). The Balaban J connectivity index is 1.59. The van der Waals surface area contributed by atoms with Gasteiger partial charge >= 0.3 is 0 Å².